The van der Waals surface area contributed by atoms with E-state index >= 15 is 0 Å². The minimum Gasteiger partial charge on any atom is -0.459 e. The van der Waals surface area contributed by atoms with Crippen LogP contribution in [0.25, 0.3) is 0 Å². The van der Waals surface area contributed by atoms with Crippen LogP contribution in [0.5, 0.6) is 0 Å². The van der Waals surface area contributed by atoms with Gasteiger partial charge in [-0.2, -0.15) is 0 Å². The van der Waals surface area contributed by atoms with E-state index in [0.29, 0.717) is 6.42 Å². The number of benzene rings is 1. The van der Waals surface area contributed by atoms with Gasteiger partial charge in [-0.15, -0.1) is 0 Å². The number of nitrogens with one attached hydrogen (secondary N) is 1. The molecule has 0 saturated carbocycles. The van der Waals surface area contributed by atoms with Crippen LogP contribution in [-0.2, 0) is 20.9 Å². The first-order chi connectivity index (χ1) is 13.2. The molecular weight excluding hydrogens is 342 g/mol. The van der Waals surface area contributed by atoms with Gasteiger partial charge >= 0.3 is 12.1 Å². The number of carbonyl (C=O) groups is 2. The highest BCUT2D eigenvalue weighted by atomic mass is 16.5. The summed E-state index contributed by atoms with van der Waals surface area (Å²) in [5, 5.41) is 2.70. The highest BCUT2D eigenvalue weighted by molar-refractivity contribution is 5.88. The SMILES string of the molecule is CCCCC/C=C/CCC(C#CC(=O)OC)NC(=O)OCc1ccccc1. The van der Waals surface area contributed by atoms with E-state index < -0.39 is 18.1 Å². The Kier molecular flexibility index (Phi) is 11.9. The van der Waals surface area contributed by atoms with Crippen molar-refractivity contribution in [2.45, 2.75) is 58.1 Å². The predicted molar refractivity (Wildman–Crippen MR) is 106 cm³/mol. The Bertz CT molecular complexity index is 643. The molecular formula is C22H29NO4. The van der Waals surface area contributed by atoms with E-state index in [9.17, 15) is 9.59 Å². The summed E-state index contributed by atoms with van der Waals surface area (Å²) in [6.07, 6.45) is 9.69. The van der Waals surface area contributed by atoms with Gasteiger partial charge in [0.25, 0.3) is 0 Å². The Labute approximate surface area is 162 Å². The molecule has 1 amide bonds. The van der Waals surface area contributed by atoms with Crippen LogP contribution in [-0.4, -0.2) is 25.2 Å². The number of methoxy groups -OCH3 is 1. The number of carbonyl (C=O) groups excluding carboxylic acids is 2. The number of allylic oxidation sites excluding steroid dienone is 2. The molecule has 5 nitrogen and oxygen atoms in total. The van der Waals surface area contributed by atoms with Crippen molar-refractivity contribution in [2.75, 3.05) is 7.11 Å². The third-order valence-electron chi connectivity index (χ3n) is 3.80. The van der Waals surface area contributed by atoms with Crippen LogP contribution in [0.3, 0.4) is 0 Å². The lowest BCUT2D eigenvalue weighted by Gasteiger charge is -2.12. The van der Waals surface area contributed by atoms with Gasteiger partial charge in [-0.25, -0.2) is 9.59 Å². The van der Waals surface area contributed by atoms with Gasteiger partial charge in [-0.05, 0) is 31.2 Å². The molecule has 0 aromatic heterocycles. The summed E-state index contributed by atoms with van der Waals surface area (Å²) in [6.45, 7) is 2.36. The minimum absolute atomic E-state index is 0.182. The molecule has 1 aromatic carbocycles. The average molecular weight is 371 g/mol. The molecule has 0 aliphatic heterocycles. The van der Waals surface area contributed by atoms with Crippen LogP contribution in [0.1, 0.15) is 51.0 Å². The molecule has 0 aliphatic rings. The van der Waals surface area contributed by atoms with E-state index in [1.54, 1.807) is 0 Å². The zero-order valence-electron chi connectivity index (χ0n) is 16.2. The second kappa shape index (κ2) is 14.4. The lowest BCUT2D eigenvalue weighted by Crippen LogP contribution is -2.34. The van der Waals surface area contributed by atoms with Crippen molar-refractivity contribution >= 4 is 12.1 Å². The van der Waals surface area contributed by atoms with Crippen molar-refractivity contribution in [3.63, 3.8) is 0 Å². The summed E-state index contributed by atoms with van der Waals surface area (Å²) in [5.41, 5.74) is 0.903. The summed E-state index contributed by atoms with van der Waals surface area (Å²) in [6, 6.07) is 8.95. The lowest BCUT2D eigenvalue weighted by atomic mass is 10.1. The second-order valence-corrected chi connectivity index (χ2v) is 6.06. The van der Waals surface area contributed by atoms with Gasteiger partial charge in [-0.3, -0.25) is 0 Å². The highest BCUT2D eigenvalue weighted by Crippen LogP contribution is 2.04. The Hall–Kier alpha value is -2.74. The molecule has 146 valence electrons. The molecule has 0 heterocycles. The first-order valence-corrected chi connectivity index (χ1v) is 9.37. The maximum Gasteiger partial charge on any atom is 0.408 e. The molecule has 27 heavy (non-hydrogen) atoms. The van der Waals surface area contributed by atoms with Crippen molar-refractivity contribution in [1.29, 1.82) is 0 Å². The van der Waals surface area contributed by atoms with Crippen molar-refractivity contribution in [1.82, 2.24) is 5.32 Å². The molecule has 0 radical (unpaired) electrons. The van der Waals surface area contributed by atoms with Crippen LogP contribution in [0.2, 0.25) is 0 Å². The zero-order chi connectivity index (χ0) is 19.7. The summed E-state index contributed by atoms with van der Waals surface area (Å²) in [5.74, 6) is 4.49. The second-order valence-electron chi connectivity index (χ2n) is 6.06. The van der Waals surface area contributed by atoms with E-state index in [0.717, 1.165) is 18.4 Å². The fourth-order valence-corrected chi connectivity index (χ4v) is 2.30. The quantitative estimate of drug-likeness (QED) is 0.218. The van der Waals surface area contributed by atoms with Gasteiger partial charge in [0.1, 0.15) is 6.61 Å². The maximum absolute atomic E-state index is 12.0. The normalized spacial score (nSPS) is 11.3. The number of hydrogen-bond acceptors (Lipinski definition) is 4. The van der Waals surface area contributed by atoms with Crippen LogP contribution >= 0.6 is 0 Å². The minimum atomic E-state index is -0.630. The van der Waals surface area contributed by atoms with Crippen LogP contribution < -0.4 is 5.32 Å². The molecule has 5 heteroatoms. The largest absolute Gasteiger partial charge is 0.459 e. The van der Waals surface area contributed by atoms with Gasteiger partial charge in [0.15, 0.2) is 0 Å². The van der Waals surface area contributed by atoms with E-state index in [1.807, 2.05) is 30.3 Å². The molecule has 1 atom stereocenters. The Morgan fingerprint density at radius 3 is 2.59 bits per heavy atom. The van der Waals surface area contributed by atoms with Crippen molar-refractivity contribution < 1.29 is 19.1 Å². The topological polar surface area (TPSA) is 64.6 Å². The summed E-state index contributed by atoms with van der Waals surface area (Å²) in [4.78, 5) is 23.2. The monoisotopic (exact) mass is 371 g/mol. The van der Waals surface area contributed by atoms with E-state index in [1.165, 1.54) is 26.4 Å². The first-order valence-electron chi connectivity index (χ1n) is 9.37. The van der Waals surface area contributed by atoms with Crippen molar-refractivity contribution in [3.05, 3.63) is 48.0 Å². The maximum atomic E-state index is 12.0. The van der Waals surface area contributed by atoms with Crippen molar-refractivity contribution in [2.24, 2.45) is 0 Å². The fourth-order valence-electron chi connectivity index (χ4n) is 2.30. The molecule has 1 rings (SSSR count). The summed E-state index contributed by atoms with van der Waals surface area (Å²) in [7, 11) is 1.27. The average Bonchev–Trinajstić information content (AvgIpc) is 2.70. The molecule has 0 spiro atoms. The Balaban J connectivity index is 2.48. The third kappa shape index (κ3) is 11.5. The Morgan fingerprint density at radius 2 is 1.89 bits per heavy atom. The smallest absolute Gasteiger partial charge is 0.408 e. The molecule has 0 bridgehead atoms. The Morgan fingerprint density at radius 1 is 1.15 bits per heavy atom. The molecule has 0 fully saturated rings. The molecule has 1 N–H and O–H groups in total. The zero-order valence-corrected chi connectivity index (χ0v) is 16.2. The number of ether oxygens (including phenoxy) is 2. The molecule has 0 saturated heterocycles. The van der Waals surface area contributed by atoms with Gasteiger partial charge in [0, 0.05) is 5.92 Å². The number of esters is 1. The number of unbranched alkanes of at least 4 members (excludes halogenated alkanes) is 3. The molecule has 1 unspecified atom stereocenters. The number of amides is 1. The van der Waals surface area contributed by atoms with E-state index in [2.05, 4.69) is 41.0 Å². The number of hydrogen-bond donors (Lipinski definition) is 1. The lowest BCUT2D eigenvalue weighted by molar-refractivity contribution is -0.133. The van der Waals surface area contributed by atoms with Crippen LogP contribution in [0.15, 0.2) is 42.5 Å². The predicted octanol–water partition coefficient (Wildman–Crippen LogP) is 4.37. The first kappa shape index (κ1) is 22.3. The number of alkyl carbamates (subject to hydrolysis) is 1. The third-order valence-corrected chi connectivity index (χ3v) is 3.80. The summed E-state index contributed by atoms with van der Waals surface area (Å²) >= 11 is 0. The van der Waals surface area contributed by atoms with Crippen molar-refractivity contribution in [3.8, 4) is 11.8 Å². The van der Waals surface area contributed by atoms with Gasteiger partial charge < -0.3 is 14.8 Å². The van der Waals surface area contributed by atoms with E-state index in [-0.39, 0.29) is 6.61 Å². The number of rotatable bonds is 10. The molecule has 1 aromatic rings. The van der Waals surface area contributed by atoms with Crippen LogP contribution in [0, 0.1) is 11.8 Å². The van der Waals surface area contributed by atoms with Crippen LogP contribution in [0.4, 0.5) is 4.79 Å². The van der Waals surface area contributed by atoms with Gasteiger partial charge in [-0.1, -0.05) is 68.2 Å². The molecule has 0 aliphatic carbocycles. The van der Waals surface area contributed by atoms with Gasteiger partial charge in [0.2, 0.25) is 0 Å². The standard InChI is InChI=1S/C22H29NO4/c1-3-4-5-6-7-8-12-15-20(16-17-21(24)26-2)23-22(25)27-18-19-13-10-9-11-14-19/h7-11,13-14,20H,3-6,12,15,18H2,1-2H3,(H,23,25)/b8-7+. The highest BCUT2D eigenvalue weighted by Gasteiger charge is 2.10. The van der Waals surface area contributed by atoms with Gasteiger partial charge in [0.05, 0.1) is 13.2 Å². The summed E-state index contributed by atoms with van der Waals surface area (Å²) < 4.78 is 9.73. The van der Waals surface area contributed by atoms with E-state index in [4.69, 9.17) is 4.74 Å². The fraction of sp³-hybridized carbons (Fsp3) is 0.455.